The standard InChI is InChI=1S/C16H16N2O3/c19-15(10-8-13-5-2-1-3-6-13)17-18-16(20)11-9-14-7-4-12-21-14/h1-7,9,11-12H,8,10H2,(H,17,19)(H,18,20). The van der Waals surface area contributed by atoms with E-state index in [-0.39, 0.29) is 5.91 Å². The topological polar surface area (TPSA) is 71.3 Å². The summed E-state index contributed by atoms with van der Waals surface area (Å²) in [6.07, 6.45) is 5.27. The molecule has 1 aromatic heterocycles. The van der Waals surface area contributed by atoms with E-state index in [4.69, 9.17) is 4.42 Å². The normalized spacial score (nSPS) is 10.5. The summed E-state index contributed by atoms with van der Waals surface area (Å²) in [5.74, 6) is -0.0846. The first-order valence-electron chi connectivity index (χ1n) is 6.58. The maximum Gasteiger partial charge on any atom is 0.262 e. The molecule has 2 N–H and O–H groups in total. The molecule has 2 amide bonds. The molecule has 5 heteroatoms. The Balaban J connectivity index is 1.68. The number of carbonyl (C=O) groups is 2. The van der Waals surface area contributed by atoms with Crippen molar-refractivity contribution < 1.29 is 14.0 Å². The van der Waals surface area contributed by atoms with Crippen LogP contribution >= 0.6 is 0 Å². The molecule has 0 aliphatic rings. The number of hydrogen-bond acceptors (Lipinski definition) is 3. The minimum Gasteiger partial charge on any atom is -0.465 e. The van der Waals surface area contributed by atoms with Gasteiger partial charge in [-0.2, -0.15) is 0 Å². The van der Waals surface area contributed by atoms with Crippen molar-refractivity contribution in [3.8, 4) is 0 Å². The molecule has 2 rings (SSSR count). The van der Waals surface area contributed by atoms with Gasteiger partial charge in [0.05, 0.1) is 6.26 Å². The van der Waals surface area contributed by atoms with Gasteiger partial charge in [0.2, 0.25) is 5.91 Å². The van der Waals surface area contributed by atoms with E-state index in [0.29, 0.717) is 18.6 Å². The maximum atomic E-state index is 11.6. The molecule has 0 aliphatic heterocycles. The van der Waals surface area contributed by atoms with Gasteiger partial charge in [0.1, 0.15) is 5.76 Å². The Morgan fingerprint density at radius 3 is 2.57 bits per heavy atom. The Morgan fingerprint density at radius 2 is 1.86 bits per heavy atom. The number of carbonyl (C=O) groups excluding carboxylic acids is 2. The fourth-order valence-electron chi connectivity index (χ4n) is 1.68. The van der Waals surface area contributed by atoms with Crippen molar-refractivity contribution in [3.05, 3.63) is 66.1 Å². The van der Waals surface area contributed by atoms with Crippen LogP contribution in [0.15, 0.2) is 59.2 Å². The van der Waals surface area contributed by atoms with Crippen LogP contribution in [0.2, 0.25) is 0 Å². The third kappa shape index (κ3) is 5.36. The molecule has 21 heavy (non-hydrogen) atoms. The molecule has 0 spiro atoms. The number of hydrogen-bond donors (Lipinski definition) is 2. The highest BCUT2D eigenvalue weighted by Gasteiger charge is 2.03. The lowest BCUT2D eigenvalue weighted by Gasteiger charge is -2.05. The number of benzene rings is 1. The number of hydrazine groups is 1. The Kier molecular flexibility index (Phi) is 5.34. The summed E-state index contributed by atoms with van der Waals surface area (Å²) in [5.41, 5.74) is 5.76. The fraction of sp³-hybridized carbons (Fsp3) is 0.125. The summed E-state index contributed by atoms with van der Waals surface area (Å²) in [6, 6.07) is 13.1. The van der Waals surface area contributed by atoms with Gasteiger partial charge in [-0.05, 0) is 30.2 Å². The highest BCUT2D eigenvalue weighted by atomic mass is 16.3. The van der Waals surface area contributed by atoms with Gasteiger partial charge in [0.25, 0.3) is 5.91 Å². The van der Waals surface area contributed by atoms with Gasteiger partial charge < -0.3 is 4.42 Å². The van der Waals surface area contributed by atoms with Crippen LogP contribution < -0.4 is 10.9 Å². The molecule has 0 saturated carbocycles. The molecule has 0 aliphatic carbocycles. The summed E-state index contributed by atoms with van der Waals surface area (Å²) in [5, 5.41) is 0. The summed E-state index contributed by atoms with van der Waals surface area (Å²) in [6.45, 7) is 0. The van der Waals surface area contributed by atoms with E-state index in [9.17, 15) is 9.59 Å². The Labute approximate surface area is 122 Å². The van der Waals surface area contributed by atoms with Gasteiger partial charge in [-0.3, -0.25) is 20.4 Å². The molecule has 0 unspecified atom stereocenters. The van der Waals surface area contributed by atoms with Crippen molar-refractivity contribution in [1.29, 1.82) is 0 Å². The van der Waals surface area contributed by atoms with Crippen LogP contribution in [0, 0.1) is 0 Å². The van der Waals surface area contributed by atoms with Gasteiger partial charge in [0.15, 0.2) is 0 Å². The van der Waals surface area contributed by atoms with Crippen LogP contribution in [0.3, 0.4) is 0 Å². The largest absolute Gasteiger partial charge is 0.465 e. The lowest BCUT2D eigenvalue weighted by atomic mass is 10.1. The smallest absolute Gasteiger partial charge is 0.262 e. The van der Waals surface area contributed by atoms with Crippen LogP contribution in [0.1, 0.15) is 17.7 Å². The molecule has 0 atom stereocenters. The number of furan rings is 1. The molecular formula is C16H16N2O3. The van der Waals surface area contributed by atoms with E-state index in [2.05, 4.69) is 10.9 Å². The van der Waals surface area contributed by atoms with E-state index in [1.165, 1.54) is 18.4 Å². The van der Waals surface area contributed by atoms with Crippen molar-refractivity contribution >= 4 is 17.9 Å². The first-order chi connectivity index (χ1) is 10.2. The SMILES string of the molecule is O=C(C=Cc1ccco1)NNC(=O)CCc1ccccc1. The molecule has 1 aromatic carbocycles. The summed E-state index contributed by atoms with van der Waals surface area (Å²) >= 11 is 0. The quantitative estimate of drug-likeness (QED) is 0.652. The first-order valence-corrected chi connectivity index (χ1v) is 6.58. The summed E-state index contributed by atoms with van der Waals surface area (Å²) in [7, 11) is 0. The van der Waals surface area contributed by atoms with E-state index in [0.717, 1.165) is 5.56 Å². The Hall–Kier alpha value is -2.82. The molecule has 2 aromatic rings. The lowest BCUT2D eigenvalue weighted by Crippen LogP contribution is -2.40. The predicted molar refractivity (Wildman–Crippen MR) is 78.8 cm³/mol. The minimum absolute atomic E-state index is 0.237. The molecule has 1 heterocycles. The highest BCUT2D eigenvalue weighted by molar-refractivity contribution is 5.92. The molecule has 0 saturated heterocycles. The third-order valence-corrected chi connectivity index (χ3v) is 2.75. The number of amides is 2. The first kappa shape index (κ1) is 14.6. The lowest BCUT2D eigenvalue weighted by molar-refractivity contribution is -0.126. The average Bonchev–Trinajstić information content (AvgIpc) is 3.03. The monoisotopic (exact) mass is 284 g/mol. The fourth-order valence-corrected chi connectivity index (χ4v) is 1.68. The van der Waals surface area contributed by atoms with Crippen molar-refractivity contribution in [2.45, 2.75) is 12.8 Å². The van der Waals surface area contributed by atoms with E-state index < -0.39 is 5.91 Å². The minimum atomic E-state index is -0.417. The van der Waals surface area contributed by atoms with E-state index in [1.54, 1.807) is 12.1 Å². The second-order valence-corrected chi connectivity index (χ2v) is 4.37. The van der Waals surface area contributed by atoms with Crippen LogP contribution in [0.5, 0.6) is 0 Å². The van der Waals surface area contributed by atoms with Gasteiger partial charge >= 0.3 is 0 Å². The molecule has 5 nitrogen and oxygen atoms in total. The van der Waals surface area contributed by atoms with E-state index >= 15 is 0 Å². The molecule has 0 bridgehead atoms. The van der Waals surface area contributed by atoms with Crippen molar-refractivity contribution in [3.63, 3.8) is 0 Å². The van der Waals surface area contributed by atoms with Gasteiger partial charge in [-0.1, -0.05) is 30.3 Å². The Morgan fingerprint density at radius 1 is 1.05 bits per heavy atom. The second-order valence-electron chi connectivity index (χ2n) is 4.37. The van der Waals surface area contributed by atoms with Crippen LogP contribution in [0.25, 0.3) is 6.08 Å². The summed E-state index contributed by atoms with van der Waals surface area (Å²) in [4.78, 5) is 23.0. The summed E-state index contributed by atoms with van der Waals surface area (Å²) < 4.78 is 5.04. The Bertz CT molecular complexity index is 604. The predicted octanol–water partition coefficient (Wildman–Crippen LogP) is 2.07. The number of rotatable bonds is 5. The highest BCUT2D eigenvalue weighted by Crippen LogP contribution is 2.02. The maximum absolute atomic E-state index is 11.6. The van der Waals surface area contributed by atoms with Crippen LogP contribution in [0.4, 0.5) is 0 Å². The van der Waals surface area contributed by atoms with Gasteiger partial charge in [-0.25, -0.2) is 0 Å². The molecule has 0 fully saturated rings. The zero-order chi connectivity index (χ0) is 14.9. The third-order valence-electron chi connectivity index (χ3n) is 2.75. The number of nitrogens with one attached hydrogen (secondary N) is 2. The van der Waals surface area contributed by atoms with Crippen LogP contribution in [-0.2, 0) is 16.0 Å². The van der Waals surface area contributed by atoms with E-state index in [1.807, 2.05) is 30.3 Å². The second kappa shape index (κ2) is 7.69. The molecular weight excluding hydrogens is 268 g/mol. The molecule has 0 radical (unpaired) electrons. The molecule has 108 valence electrons. The average molecular weight is 284 g/mol. The van der Waals surface area contributed by atoms with Crippen molar-refractivity contribution in [1.82, 2.24) is 10.9 Å². The van der Waals surface area contributed by atoms with Gasteiger partial charge in [-0.15, -0.1) is 0 Å². The van der Waals surface area contributed by atoms with Crippen molar-refractivity contribution in [2.24, 2.45) is 0 Å². The van der Waals surface area contributed by atoms with Crippen molar-refractivity contribution in [2.75, 3.05) is 0 Å². The van der Waals surface area contributed by atoms with Crippen LogP contribution in [-0.4, -0.2) is 11.8 Å². The van der Waals surface area contributed by atoms with Gasteiger partial charge in [0, 0.05) is 12.5 Å². The zero-order valence-electron chi connectivity index (χ0n) is 11.4. The number of aryl methyl sites for hydroxylation is 1. The zero-order valence-corrected chi connectivity index (χ0v) is 11.4.